The molecule has 6 nitrogen and oxygen atoms in total. The van der Waals surface area contributed by atoms with Gasteiger partial charge in [-0.15, -0.1) is 5.10 Å². The van der Waals surface area contributed by atoms with E-state index < -0.39 is 0 Å². The number of anilines is 1. The Morgan fingerprint density at radius 3 is 2.80 bits per heavy atom. The predicted octanol–water partition coefficient (Wildman–Crippen LogP) is 1.17. The largest absolute Gasteiger partial charge is 0.340 e. The third kappa shape index (κ3) is 1.96. The highest BCUT2D eigenvalue weighted by atomic mass is 32.1. The Balaban J connectivity index is 2.24. The van der Waals surface area contributed by atoms with Gasteiger partial charge in [0, 0.05) is 13.1 Å². The molecule has 2 aromatic heterocycles. The van der Waals surface area contributed by atoms with Gasteiger partial charge < -0.3 is 4.90 Å². The Morgan fingerprint density at radius 2 is 2.20 bits per heavy atom. The van der Waals surface area contributed by atoms with Crippen molar-refractivity contribution in [3.8, 4) is 11.5 Å². The number of rotatable bonds is 4. The average Bonchev–Trinajstić information content (AvgIpc) is 2.89. The van der Waals surface area contributed by atoms with Crippen molar-refractivity contribution in [2.75, 3.05) is 18.0 Å². The van der Waals surface area contributed by atoms with E-state index in [1.807, 2.05) is 0 Å². The number of nitrogens with one attached hydrogen (secondary N) is 1. The molecule has 0 saturated carbocycles. The summed E-state index contributed by atoms with van der Waals surface area (Å²) >= 11 is 1.16. The molecule has 0 unspecified atom stereocenters. The van der Waals surface area contributed by atoms with Crippen LogP contribution in [-0.2, 0) is 0 Å². The highest BCUT2D eigenvalue weighted by Crippen LogP contribution is 2.15. The summed E-state index contributed by atoms with van der Waals surface area (Å²) in [6, 6.07) is 0. The summed E-state index contributed by atoms with van der Waals surface area (Å²) in [7, 11) is 0. The summed E-state index contributed by atoms with van der Waals surface area (Å²) in [5.74, 6) is 1.38. The first-order valence-corrected chi connectivity index (χ1v) is 5.53. The molecular weight excluding hydrogens is 212 g/mol. The van der Waals surface area contributed by atoms with Crippen LogP contribution in [0.3, 0.4) is 0 Å². The number of hydrogen-bond acceptors (Lipinski definition) is 6. The van der Waals surface area contributed by atoms with Crippen molar-refractivity contribution in [3.05, 3.63) is 6.20 Å². The van der Waals surface area contributed by atoms with Gasteiger partial charge in [0.15, 0.2) is 5.82 Å². The van der Waals surface area contributed by atoms with Gasteiger partial charge in [-0.05, 0) is 13.8 Å². The zero-order valence-electron chi connectivity index (χ0n) is 8.64. The SMILES string of the molecule is CCN(CC)c1n[nH]c(-c2cnsn2)n1. The minimum Gasteiger partial charge on any atom is -0.340 e. The Bertz CT molecular complexity index is 404. The second kappa shape index (κ2) is 4.35. The van der Waals surface area contributed by atoms with E-state index in [9.17, 15) is 0 Å². The van der Waals surface area contributed by atoms with Crippen molar-refractivity contribution >= 4 is 17.7 Å². The maximum Gasteiger partial charge on any atom is 0.245 e. The average molecular weight is 224 g/mol. The van der Waals surface area contributed by atoms with E-state index in [-0.39, 0.29) is 0 Å². The maximum absolute atomic E-state index is 4.36. The second-order valence-electron chi connectivity index (χ2n) is 2.95. The van der Waals surface area contributed by atoms with Crippen molar-refractivity contribution < 1.29 is 0 Å². The van der Waals surface area contributed by atoms with E-state index in [1.54, 1.807) is 6.20 Å². The molecule has 0 amide bonds. The van der Waals surface area contributed by atoms with E-state index in [0.29, 0.717) is 11.8 Å². The van der Waals surface area contributed by atoms with Crippen LogP contribution >= 0.6 is 11.7 Å². The molecule has 80 valence electrons. The molecule has 0 atom stereocenters. The van der Waals surface area contributed by atoms with Crippen molar-refractivity contribution in [1.29, 1.82) is 0 Å². The molecule has 7 heteroatoms. The molecule has 1 N–H and O–H groups in total. The smallest absolute Gasteiger partial charge is 0.245 e. The Labute approximate surface area is 91.7 Å². The van der Waals surface area contributed by atoms with Gasteiger partial charge >= 0.3 is 0 Å². The second-order valence-corrected chi connectivity index (χ2v) is 3.51. The Kier molecular flexibility index (Phi) is 2.91. The molecule has 2 aromatic rings. The molecule has 0 saturated heterocycles. The van der Waals surface area contributed by atoms with E-state index in [0.717, 1.165) is 30.5 Å². The monoisotopic (exact) mass is 224 g/mol. The molecule has 0 aromatic carbocycles. The lowest BCUT2D eigenvalue weighted by Crippen LogP contribution is -2.22. The fourth-order valence-electron chi connectivity index (χ4n) is 1.28. The third-order valence-corrected chi connectivity index (χ3v) is 2.60. The summed E-state index contributed by atoms with van der Waals surface area (Å²) in [5.41, 5.74) is 0.742. The lowest BCUT2D eigenvalue weighted by atomic mass is 10.5. The topological polar surface area (TPSA) is 70.6 Å². The van der Waals surface area contributed by atoms with Gasteiger partial charge in [0.25, 0.3) is 0 Å². The maximum atomic E-state index is 4.36. The molecule has 0 fully saturated rings. The summed E-state index contributed by atoms with van der Waals surface area (Å²) in [5, 5.41) is 7.00. The molecule has 0 aliphatic heterocycles. The number of aromatic nitrogens is 5. The van der Waals surface area contributed by atoms with Gasteiger partial charge in [0.05, 0.1) is 17.9 Å². The summed E-state index contributed by atoms with van der Waals surface area (Å²) < 4.78 is 8.01. The first-order valence-electron chi connectivity index (χ1n) is 4.80. The van der Waals surface area contributed by atoms with Crippen molar-refractivity contribution in [3.63, 3.8) is 0 Å². The fourth-order valence-corrected chi connectivity index (χ4v) is 1.70. The predicted molar refractivity (Wildman–Crippen MR) is 58.8 cm³/mol. The standard InChI is InChI=1S/C8H12N6S/c1-3-14(4-2)8-10-7(11-12-8)6-5-9-15-13-6/h5H,3-4H2,1-2H3,(H,10,11,12). The third-order valence-electron chi connectivity index (χ3n) is 2.12. The van der Waals surface area contributed by atoms with Crippen molar-refractivity contribution in [1.82, 2.24) is 23.9 Å². The molecule has 0 radical (unpaired) electrons. The molecule has 0 aliphatic rings. The minimum absolute atomic E-state index is 0.672. The van der Waals surface area contributed by atoms with Crippen LogP contribution in [0.15, 0.2) is 6.20 Å². The highest BCUT2D eigenvalue weighted by Gasteiger charge is 2.11. The lowest BCUT2D eigenvalue weighted by molar-refractivity contribution is 0.824. The van der Waals surface area contributed by atoms with Gasteiger partial charge in [-0.3, -0.25) is 5.10 Å². The molecule has 2 rings (SSSR count). The van der Waals surface area contributed by atoms with Gasteiger partial charge in [0.2, 0.25) is 5.95 Å². The van der Waals surface area contributed by atoms with Gasteiger partial charge in [0.1, 0.15) is 5.69 Å². The number of hydrogen-bond donors (Lipinski definition) is 1. The van der Waals surface area contributed by atoms with Crippen molar-refractivity contribution in [2.45, 2.75) is 13.8 Å². The zero-order chi connectivity index (χ0) is 10.7. The highest BCUT2D eigenvalue weighted by molar-refractivity contribution is 6.99. The van der Waals surface area contributed by atoms with E-state index >= 15 is 0 Å². The van der Waals surface area contributed by atoms with Crippen LogP contribution in [0, 0.1) is 0 Å². The van der Waals surface area contributed by atoms with E-state index in [4.69, 9.17) is 0 Å². The first-order chi connectivity index (χ1) is 7.35. The summed E-state index contributed by atoms with van der Waals surface area (Å²) in [4.78, 5) is 6.43. The van der Waals surface area contributed by atoms with Crippen LogP contribution in [0.4, 0.5) is 5.95 Å². The van der Waals surface area contributed by atoms with Gasteiger partial charge in [-0.2, -0.15) is 13.7 Å². The van der Waals surface area contributed by atoms with Crippen LogP contribution in [0.5, 0.6) is 0 Å². The summed E-state index contributed by atoms with van der Waals surface area (Å²) in [6.07, 6.45) is 1.68. The van der Waals surface area contributed by atoms with Crippen molar-refractivity contribution in [2.24, 2.45) is 0 Å². The number of aromatic amines is 1. The number of nitrogens with zero attached hydrogens (tertiary/aromatic N) is 5. The van der Waals surface area contributed by atoms with Crippen LogP contribution in [-0.4, -0.2) is 37.0 Å². The Morgan fingerprint density at radius 1 is 1.40 bits per heavy atom. The normalized spacial score (nSPS) is 10.5. The van der Waals surface area contributed by atoms with Crippen LogP contribution < -0.4 is 4.90 Å². The Hall–Kier alpha value is -1.50. The van der Waals surface area contributed by atoms with E-state index in [1.165, 1.54) is 0 Å². The lowest BCUT2D eigenvalue weighted by Gasteiger charge is -2.14. The molecule has 0 spiro atoms. The number of H-pyrrole nitrogens is 1. The molecule has 15 heavy (non-hydrogen) atoms. The van der Waals surface area contributed by atoms with Crippen LogP contribution in [0.1, 0.15) is 13.8 Å². The fraction of sp³-hybridized carbons (Fsp3) is 0.500. The minimum atomic E-state index is 0.672. The molecule has 2 heterocycles. The van der Waals surface area contributed by atoms with Crippen LogP contribution in [0.2, 0.25) is 0 Å². The molecule has 0 bridgehead atoms. The van der Waals surface area contributed by atoms with Gasteiger partial charge in [-0.25, -0.2) is 0 Å². The quantitative estimate of drug-likeness (QED) is 0.844. The molecular formula is C8H12N6S. The van der Waals surface area contributed by atoms with E-state index in [2.05, 4.69) is 42.7 Å². The van der Waals surface area contributed by atoms with Gasteiger partial charge in [-0.1, -0.05) is 0 Å². The summed E-state index contributed by atoms with van der Waals surface area (Å²) in [6.45, 7) is 5.93. The zero-order valence-corrected chi connectivity index (χ0v) is 9.45. The first kappa shape index (κ1) is 10.0. The molecule has 0 aliphatic carbocycles. The van der Waals surface area contributed by atoms with Crippen LogP contribution in [0.25, 0.3) is 11.5 Å².